The van der Waals surface area contributed by atoms with Crippen LogP contribution in [-0.4, -0.2) is 37.9 Å². The second-order valence-electron chi connectivity index (χ2n) is 9.48. The number of ketones is 1. The van der Waals surface area contributed by atoms with Crippen molar-refractivity contribution in [2.24, 2.45) is 22.5 Å². The summed E-state index contributed by atoms with van der Waals surface area (Å²) in [5, 5.41) is 8.75. The van der Waals surface area contributed by atoms with Crippen molar-refractivity contribution in [3.8, 4) is 0 Å². The van der Waals surface area contributed by atoms with Gasteiger partial charge in [-0.3, -0.25) is 9.59 Å². The Labute approximate surface area is 184 Å². The molecule has 0 spiro atoms. The molecule has 2 unspecified atom stereocenters. The lowest BCUT2D eigenvalue weighted by Crippen LogP contribution is -2.32. The van der Waals surface area contributed by atoms with Crippen molar-refractivity contribution in [3.63, 3.8) is 0 Å². The quantitative estimate of drug-likeness (QED) is 0.394. The van der Waals surface area contributed by atoms with Gasteiger partial charge >= 0.3 is 5.97 Å². The second-order valence-corrected chi connectivity index (χ2v) is 11.2. The van der Waals surface area contributed by atoms with Gasteiger partial charge in [-0.1, -0.05) is 39.3 Å². The maximum atomic E-state index is 13.0. The molecule has 0 heterocycles. The molecule has 8 heteroatoms. The highest BCUT2D eigenvalue weighted by Crippen LogP contribution is 2.65. The number of Topliss-reactive ketones (excluding diaryl/α,β-unsaturated/α-hetero) is 1. The summed E-state index contributed by atoms with van der Waals surface area (Å²) in [4.78, 5) is 23.8. The summed E-state index contributed by atoms with van der Waals surface area (Å²) in [6.45, 7) is 6.61. The molecule has 3 rings (SSSR count). The van der Waals surface area contributed by atoms with E-state index in [0.29, 0.717) is 19.3 Å². The molecule has 1 aromatic rings. The van der Waals surface area contributed by atoms with Crippen LogP contribution in [0.25, 0.3) is 6.08 Å². The molecule has 2 fully saturated rings. The van der Waals surface area contributed by atoms with Crippen LogP contribution in [0.4, 0.5) is 0 Å². The predicted molar refractivity (Wildman–Crippen MR) is 119 cm³/mol. The number of sulfonamides is 1. The van der Waals surface area contributed by atoms with E-state index >= 15 is 0 Å². The Bertz CT molecular complexity index is 997. The van der Waals surface area contributed by atoms with Gasteiger partial charge in [0, 0.05) is 12.0 Å². The SMILES string of the molecule is CC12CCC(C(=Cc3ccc(S(=O)(=O)NCCCC[C@H](N)C(=O)O)cc3)C1=O)C2(C)C. The summed E-state index contributed by atoms with van der Waals surface area (Å²) in [6, 6.07) is 5.61. The van der Waals surface area contributed by atoms with E-state index in [4.69, 9.17) is 10.8 Å². The number of nitrogens with two attached hydrogens (primary N) is 1. The van der Waals surface area contributed by atoms with E-state index in [9.17, 15) is 18.0 Å². The summed E-state index contributed by atoms with van der Waals surface area (Å²) in [5.41, 5.74) is 6.73. The standard InChI is InChI=1S/C23H32N2O5S/c1-22(2)18-11-12-23(22,3)20(26)17(18)14-15-7-9-16(10-8-15)31(29,30)25-13-5-4-6-19(24)21(27)28/h7-10,14,18-19,25H,4-6,11-13,24H2,1-3H3,(H,27,28)/t18?,19-,23?/m0/s1. The molecule has 0 radical (unpaired) electrons. The first-order valence-electron chi connectivity index (χ1n) is 10.7. The summed E-state index contributed by atoms with van der Waals surface area (Å²) in [5.74, 6) is -0.598. The monoisotopic (exact) mass is 448 g/mol. The summed E-state index contributed by atoms with van der Waals surface area (Å²) >= 11 is 0. The summed E-state index contributed by atoms with van der Waals surface area (Å²) in [6.07, 6.45) is 5.17. The number of aliphatic carboxylic acids is 1. The van der Waals surface area contributed by atoms with Crippen molar-refractivity contribution in [2.45, 2.75) is 63.8 Å². The van der Waals surface area contributed by atoms with Crippen LogP contribution in [0.2, 0.25) is 0 Å². The number of benzene rings is 1. The fraction of sp³-hybridized carbons (Fsp3) is 0.565. The number of carbonyl (C=O) groups is 2. The molecule has 0 aliphatic heterocycles. The maximum Gasteiger partial charge on any atom is 0.320 e. The van der Waals surface area contributed by atoms with Gasteiger partial charge in [-0.25, -0.2) is 13.1 Å². The highest BCUT2D eigenvalue weighted by molar-refractivity contribution is 7.89. The Kier molecular flexibility index (Phi) is 6.47. The highest BCUT2D eigenvalue weighted by atomic mass is 32.2. The van der Waals surface area contributed by atoms with Crippen molar-refractivity contribution in [1.29, 1.82) is 0 Å². The molecule has 0 aromatic heterocycles. The number of carboxylic acids is 1. The average molecular weight is 449 g/mol. The number of hydrogen-bond donors (Lipinski definition) is 3. The van der Waals surface area contributed by atoms with E-state index in [-0.39, 0.29) is 34.0 Å². The number of rotatable bonds is 9. The van der Waals surface area contributed by atoms with E-state index in [1.165, 1.54) is 0 Å². The van der Waals surface area contributed by atoms with Crippen molar-refractivity contribution in [1.82, 2.24) is 4.72 Å². The predicted octanol–water partition coefficient (Wildman–Crippen LogP) is 2.96. The Hall–Kier alpha value is -2.03. The van der Waals surface area contributed by atoms with Crippen LogP contribution in [0.15, 0.2) is 34.7 Å². The van der Waals surface area contributed by atoms with Crippen LogP contribution >= 0.6 is 0 Å². The summed E-state index contributed by atoms with van der Waals surface area (Å²) < 4.78 is 27.5. The molecular formula is C23H32N2O5S. The molecule has 31 heavy (non-hydrogen) atoms. The van der Waals surface area contributed by atoms with Gasteiger partial charge in [-0.15, -0.1) is 0 Å². The third-order valence-electron chi connectivity index (χ3n) is 7.43. The number of unbranched alkanes of at least 4 members (excludes halogenated alkanes) is 1. The number of hydrogen-bond acceptors (Lipinski definition) is 5. The zero-order valence-corrected chi connectivity index (χ0v) is 19.2. The lowest BCUT2D eigenvalue weighted by Gasteiger charge is -2.31. The van der Waals surface area contributed by atoms with Crippen molar-refractivity contribution < 1.29 is 23.1 Å². The Morgan fingerprint density at radius 3 is 2.45 bits per heavy atom. The molecule has 0 saturated heterocycles. The topological polar surface area (TPSA) is 127 Å². The molecule has 3 atom stereocenters. The first-order chi connectivity index (χ1) is 14.4. The third-order valence-corrected chi connectivity index (χ3v) is 8.91. The lowest BCUT2D eigenvalue weighted by atomic mass is 9.70. The van der Waals surface area contributed by atoms with Gasteiger partial charge in [0.1, 0.15) is 6.04 Å². The van der Waals surface area contributed by atoms with Crippen molar-refractivity contribution >= 4 is 27.9 Å². The normalized spacial score (nSPS) is 27.0. The van der Waals surface area contributed by atoms with E-state index in [1.807, 2.05) is 6.08 Å². The minimum absolute atomic E-state index is 0.0580. The van der Waals surface area contributed by atoms with Gasteiger partial charge in [0.2, 0.25) is 10.0 Å². The van der Waals surface area contributed by atoms with E-state index in [0.717, 1.165) is 24.0 Å². The zero-order valence-electron chi connectivity index (χ0n) is 18.3. The Balaban J connectivity index is 1.62. The van der Waals surface area contributed by atoms with Gasteiger partial charge in [-0.05, 0) is 66.4 Å². The van der Waals surface area contributed by atoms with Crippen LogP contribution in [0.5, 0.6) is 0 Å². The fourth-order valence-electron chi connectivity index (χ4n) is 4.92. The Morgan fingerprint density at radius 1 is 1.26 bits per heavy atom. The molecular weight excluding hydrogens is 416 g/mol. The van der Waals surface area contributed by atoms with Crippen LogP contribution in [0, 0.1) is 16.7 Å². The molecule has 2 aliphatic rings. The molecule has 2 saturated carbocycles. The first kappa shape index (κ1) is 23.6. The number of nitrogens with one attached hydrogen (secondary N) is 1. The van der Waals surface area contributed by atoms with Gasteiger partial charge in [0.15, 0.2) is 5.78 Å². The molecule has 4 N–H and O–H groups in total. The van der Waals surface area contributed by atoms with Gasteiger partial charge in [-0.2, -0.15) is 0 Å². The largest absolute Gasteiger partial charge is 0.480 e. The number of carbonyl (C=O) groups excluding carboxylic acids is 1. The van der Waals surface area contributed by atoms with Crippen LogP contribution in [0.1, 0.15) is 58.4 Å². The average Bonchev–Trinajstić information content (AvgIpc) is 3.01. The van der Waals surface area contributed by atoms with Gasteiger partial charge < -0.3 is 10.8 Å². The van der Waals surface area contributed by atoms with Crippen LogP contribution in [0.3, 0.4) is 0 Å². The lowest BCUT2D eigenvalue weighted by molar-refractivity contribution is -0.138. The van der Waals surface area contributed by atoms with Gasteiger partial charge in [0.05, 0.1) is 4.90 Å². The highest BCUT2D eigenvalue weighted by Gasteiger charge is 2.63. The van der Waals surface area contributed by atoms with Crippen LogP contribution in [-0.2, 0) is 19.6 Å². The molecule has 1 aromatic carbocycles. The molecule has 2 bridgehead atoms. The Morgan fingerprint density at radius 2 is 1.90 bits per heavy atom. The molecule has 170 valence electrons. The number of fused-ring (bicyclic) bond motifs is 2. The van der Waals surface area contributed by atoms with Crippen molar-refractivity contribution in [3.05, 3.63) is 35.4 Å². The minimum atomic E-state index is -3.65. The number of carboxylic acid groups (broad SMARTS) is 1. The van der Waals surface area contributed by atoms with E-state index < -0.39 is 22.0 Å². The molecule has 7 nitrogen and oxygen atoms in total. The second kappa shape index (κ2) is 8.48. The number of allylic oxidation sites excluding steroid dienone is 1. The summed E-state index contributed by atoms with van der Waals surface area (Å²) in [7, 11) is -3.65. The van der Waals surface area contributed by atoms with Crippen molar-refractivity contribution in [2.75, 3.05) is 6.54 Å². The van der Waals surface area contributed by atoms with Crippen LogP contribution < -0.4 is 10.5 Å². The fourth-order valence-corrected chi connectivity index (χ4v) is 5.99. The maximum absolute atomic E-state index is 13.0. The molecule has 2 aliphatic carbocycles. The third kappa shape index (κ3) is 4.33. The minimum Gasteiger partial charge on any atom is -0.480 e. The van der Waals surface area contributed by atoms with Gasteiger partial charge in [0.25, 0.3) is 0 Å². The first-order valence-corrected chi connectivity index (χ1v) is 12.2. The van der Waals surface area contributed by atoms with E-state index in [2.05, 4.69) is 25.5 Å². The zero-order chi connectivity index (χ0) is 23.0. The van der Waals surface area contributed by atoms with E-state index in [1.54, 1.807) is 24.3 Å². The molecule has 0 amide bonds. The smallest absolute Gasteiger partial charge is 0.320 e.